The molecule has 0 bridgehead atoms. The topological polar surface area (TPSA) is 50.9 Å². The molecule has 0 radical (unpaired) electrons. The Morgan fingerprint density at radius 3 is 2.80 bits per heavy atom. The Morgan fingerprint density at radius 2 is 2.13 bits per heavy atom. The molecule has 15 heavy (non-hydrogen) atoms. The van der Waals surface area contributed by atoms with E-state index >= 15 is 0 Å². The van der Waals surface area contributed by atoms with Crippen LogP contribution in [-0.4, -0.2) is 17.1 Å². The summed E-state index contributed by atoms with van der Waals surface area (Å²) in [5, 5.41) is 3.42. The van der Waals surface area contributed by atoms with Crippen LogP contribution in [0.2, 0.25) is 0 Å². The van der Waals surface area contributed by atoms with Gasteiger partial charge >= 0.3 is 0 Å². The lowest BCUT2D eigenvalue weighted by Gasteiger charge is -2.29. The lowest BCUT2D eigenvalue weighted by Crippen LogP contribution is -2.42. The minimum atomic E-state index is 0.279. The summed E-state index contributed by atoms with van der Waals surface area (Å²) in [5.41, 5.74) is 7.25. The van der Waals surface area contributed by atoms with Crippen molar-refractivity contribution in [1.29, 1.82) is 0 Å². The second-order valence-electron chi connectivity index (χ2n) is 4.42. The molecule has 1 fully saturated rings. The fraction of sp³-hybridized carbons (Fsp3) is 0.583. The highest BCUT2D eigenvalue weighted by Gasteiger charge is 2.21. The highest BCUT2D eigenvalue weighted by atomic mass is 15.0. The predicted octanol–water partition coefficient (Wildman–Crippen LogP) is 2.07. The summed E-state index contributed by atoms with van der Waals surface area (Å²) >= 11 is 0. The van der Waals surface area contributed by atoms with E-state index < -0.39 is 0 Å². The van der Waals surface area contributed by atoms with Gasteiger partial charge in [0.25, 0.3) is 0 Å². The van der Waals surface area contributed by atoms with Gasteiger partial charge in [-0.25, -0.2) is 4.98 Å². The van der Waals surface area contributed by atoms with E-state index in [1.807, 2.05) is 19.2 Å². The van der Waals surface area contributed by atoms with Gasteiger partial charge in [-0.3, -0.25) is 0 Å². The first kappa shape index (κ1) is 10.4. The molecule has 1 aliphatic rings. The van der Waals surface area contributed by atoms with E-state index in [0.29, 0.717) is 6.04 Å². The summed E-state index contributed by atoms with van der Waals surface area (Å²) in [4.78, 5) is 4.34. The zero-order valence-corrected chi connectivity index (χ0v) is 9.24. The van der Waals surface area contributed by atoms with Crippen molar-refractivity contribution in [2.45, 2.75) is 44.7 Å². The molecule has 3 heteroatoms. The Labute approximate surface area is 91.1 Å². The molecule has 82 valence electrons. The van der Waals surface area contributed by atoms with Crippen molar-refractivity contribution >= 4 is 5.82 Å². The van der Waals surface area contributed by atoms with Crippen LogP contribution in [0, 0.1) is 6.92 Å². The minimum Gasteiger partial charge on any atom is -0.366 e. The molecule has 3 N–H and O–H groups in total. The van der Waals surface area contributed by atoms with Crippen LogP contribution in [0.25, 0.3) is 0 Å². The largest absolute Gasteiger partial charge is 0.366 e. The second-order valence-corrected chi connectivity index (χ2v) is 4.42. The van der Waals surface area contributed by atoms with Gasteiger partial charge in [0, 0.05) is 18.3 Å². The van der Waals surface area contributed by atoms with Crippen molar-refractivity contribution in [3.8, 4) is 0 Å². The maximum Gasteiger partial charge on any atom is 0.126 e. The van der Waals surface area contributed by atoms with Gasteiger partial charge in [0.15, 0.2) is 0 Å². The molecule has 0 aliphatic heterocycles. The van der Waals surface area contributed by atoms with Gasteiger partial charge in [-0.2, -0.15) is 0 Å². The Hall–Kier alpha value is -1.09. The molecule has 2 rings (SSSR count). The normalized spacial score (nSPS) is 26.3. The number of hydrogen-bond donors (Lipinski definition) is 2. The third-order valence-corrected chi connectivity index (χ3v) is 3.06. The van der Waals surface area contributed by atoms with E-state index in [1.54, 1.807) is 0 Å². The van der Waals surface area contributed by atoms with Crippen molar-refractivity contribution in [1.82, 2.24) is 4.98 Å². The molecule has 1 aliphatic carbocycles. The van der Waals surface area contributed by atoms with Crippen LogP contribution in [0.15, 0.2) is 18.3 Å². The Bertz CT molecular complexity index is 307. The Morgan fingerprint density at radius 1 is 1.33 bits per heavy atom. The first-order chi connectivity index (χ1) is 7.25. The van der Waals surface area contributed by atoms with Crippen molar-refractivity contribution in [3.05, 3.63) is 23.9 Å². The molecule has 0 saturated heterocycles. The highest BCUT2D eigenvalue weighted by molar-refractivity contribution is 5.36. The van der Waals surface area contributed by atoms with Crippen LogP contribution in [0.1, 0.15) is 31.2 Å². The van der Waals surface area contributed by atoms with Gasteiger partial charge < -0.3 is 11.1 Å². The number of pyridine rings is 1. The number of aryl methyl sites for hydroxylation is 1. The van der Waals surface area contributed by atoms with E-state index in [-0.39, 0.29) is 6.04 Å². The smallest absolute Gasteiger partial charge is 0.126 e. The summed E-state index contributed by atoms with van der Waals surface area (Å²) in [6.07, 6.45) is 6.72. The molecule has 0 aromatic carbocycles. The Kier molecular flexibility index (Phi) is 3.21. The minimum absolute atomic E-state index is 0.279. The molecule has 1 heterocycles. The van der Waals surface area contributed by atoms with E-state index in [9.17, 15) is 0 Å². The van der Waals surface area contributed by atoms with Crippen molar-refractivity contribution < 1.29 is 0 Å². The number of nitrogens with one attached hydrogen (secondary N) is 1. The molecule has 1 saturated carbocycles. The van der Waals surface area contributed by atoms with Gasteiger partial charge in [0.1, 0.15) is 5.82 Å². The molecular formula is C12H19N3. The van der Waals surface area contributed by atoms with Crippen LogP contribution in [0.3, 0.4) is 0 Å². The summed E-state index contributed by atoms with van der Waals surface area (Å²) in [7, 11) is 0. The lowest BCUT2D eigenvalue weighted by molar-refractivity contribution is 0.403. The average molecular weight is 205 g/mol. The summed E-state index contributed by atoms with van der Waals surface area (Å²) in [6, 6.07) is 4.77. The van der Waals surface area contributed by atoms with E-state index in [1.165, 1.54) is 18.4 Å². The molecule has 1 aromatic heterocycles. The van der Waals surface area contributed by atoms with E-state index in [4.69, 9.17) is 5.73 Å². The first-order valence-electron chi connectivity index (χ1n) is 5.70. The van der Waals surface area contributed by atoms with Gasteiger partial charge in [-0.1, -0.05) is 18.9 Å². The van der Waals surface area contributed by atoms with Gasteiger partial charge in [-0.05, 0) is 31.4 Å². The number of anilines is 1. The van der Waals surface area contributed by atoms with Gasteiger partial charge in [0.05, 0.1) is 0 Å². The van der Waals surface area contributed by atoms with Crippen molar-refractivity contribution in [2.75, 3.05) is 5.32 Å². The van der Waals surface area contributed by atoms with Crippen LogP contribution < -0.4 is 11.1 Å². The number of nitrogens with zero attached hydrogens (tertiary/aromatic N) is 1. The third kappa shape index (κ3) is 2.69. The fourth-order valence-corrected chi connectivity index (χ4v) is 2.08. The quantitative estimate of drug-likeness (QED) is 0.777. The second kappa shape index (κ2) is 4.62. The SMILES string of the molecule is Cc1ccc(N[C@@H]2CCCC[C@H]2N)nc1. The predicted molar refractivity (Wildman–Crippen MR) is 62.8 cm³/mol. The molecule has 0 amide bonds. The molecule has 3 nitrogen and oxygen atoms in total. The highest BCUT2D eigenvalue weighted by Crippen LogP contribution is 2.20. The standard InChI is InChI=1S/C12H19N3/c1-9-6-7-12(14-8-9)15-11-5-3-2-4-10(11)13/h6-8,10-11H,2-5,13H2,1H3,(H,14,15)/t10-,11-/m1/s1. The monoisotopic (exact) mass is 205 g/mol. The molecule has 0 spiro atoms. The van der Waals surface area contributed by atoms with Crippen LogP contribution >= 0.6 is 0 Å². The fourth-order valence-electron chi connectivity index (χ4n) is 2.08. The molecule has 2 atom stereocenters. The van der Waals surface area contributed by atoms with Crippen molar-refractivity contribution in [3.63, 3.8) is 0 Å². The van der Waals surface area contributed by atoms with Crippen LogP contribution in [0.5, 0.6) is 0 Å². The summed E-state index contributed by atoms with van der Waals surface area (Å²) in [5.74, 6) is 0.947. The van der Waals surface area contributed by atoms with Crippen LogP contribution in [0.4, 0.5) is 5.82 Å². The number of nitrogens with two attached hydrogens (primary N) is 1. The van der Waals surface area contributed by atoms with E-state index in [2.05, 4.69) is 16.4 Å². The number of hydrogen-bond acceptors (Lipinski definition) is 3. The Balaban J connectivity index is 1.98. The maximum absolute atomic E-state index is 6.07. The maximum atomic E-state index is 6.07. The summed E-state index contributed by atoms with van der Waals surface area (Å²) in [6.45, 7) is 2.04. The number of aromatic nitrogens is 1. The first-order valence-corrected chi connectivity index (χ1v) is 5.70. The zero-order valence-electron chi connectivity index (χ0n) is 9.24. The zero-order chi connectivity index (χ0) is 10.7. The van der Waals surface area contributed by atoms with Gasteiger partial charge in [-0.15, -0.1) is 0 Å². The van der Waals surface area contributed by atoms with Crippen LogP contribution in [-0.2, 0) is 0 Å². The molecule has 0 unspecified atom stereocenters. The number of rotatable bonds is 2. The van der Waals surface area contributed by atoms with Crippen molar-refractivity contribution in [2.24, 2.45) is 5.73 Å². The third-order valence-electron chi connectivity index (χ3n) is 3.06. The van der Waals surface area contributed by atoms with E-state index in [0.717, 1.165) is 18.7 Å². The summed E-state index contributed by atoms with van der Waals surface area (Å²) < 4.78 is 0. The molecule has 1 aromatic rings. The molecular weight excluding hydrogens is 186 g/mol. The van der Waals surface area contributed by atoms with Gasteiger partial charge in [0.2, 0.25) is 0 Å². The lowest BCUT2D eigenvalue weighted by atomic mass is 9.91. The average Bonchev–Trinajstić information content (AvgIpc) is 2.25.